The normalized spacial score (nSPS) is 16.2. The van der Waals surface area contributed by atoms with Gasteiger partial charge >= 0.3 is 5.97 Å². The fraction of sp³-hybridized carbons (Fsp3) is 0.400. The Morgan fingerprint density at radius 2 is 1.97 bits per heavy atom. The van der Waals surface area contributed by atoms with Gasteiger partial charge in [-0.25, -0.2) is 0 Å². The number of aromatic nitrogens is 2. The van der Waals surface area contributed by atoms with E-state index in [4.69, 9.17) is 9.26 Å². The monoisotopic (exact) mass is 419 g/mol. The van der Waals surface area contributed by atoms with Crippen LogP contribution in [0.1, 0.15) is 36.7 Å². The van der Waals surface area contributed by atoms with Crippen molar-refractivity contribution in [3.8, 4) is 11.3 Å². The van der Waals surface area contributed by atoms with Crippen molar-refractivity contribution in [3.05, 3.63) is 71.7 Å². The third-order valence-corrected chi connectivity index (χ3v) is 6.07. The summed E-state index contributed by atoms with van der Waals surface area (Å²) >= 11 is 0. The molecule has 0 atom stereocenters. The third-order valence-electron chi connectivity index (χ3n) is 6.07. The number of carbonyl (C=O) groups excluding carboxylic acids is 1. The van der Waals surface area contributed by atoms with Gasteiger partial charge in [0.1, 0.15) is 11.5 Å². The summed E-state index contributed by atoms with van der Waals surface area (Å²) in [7, 11) is 0. The highest BCUT2D eigenvalue weighted by molar-refractivity contribution is 5.77. The number of rotatable bonds is 7. The summed E-state index contributed by atoms with van der Waals surface area (Å²) in [5.74, 6) is 0.591. The first-order valence-corrected chi connectivity index (χ1v) is 10.9. The van der Waals surface area contributed by atoms with E-state index >= 15 is 0 Å². The molecule has 2 aromatic heterocycles. The Labute approximate surface area is 183 Å². The third kappa shape index (κ3) is 5.02. The summed E-state index contributed by atoms with van der Waals surface area (Å²) in [6.45, 7) is 6.78. The number of benzene rings is 1. The van der Waals surface area contributed by atoms with E-state index in [1.807, 2.05) is 37.4 Å². The summed E-state index contributed by atoms with van der Waals surface area (Å²) in [6, 6.07) is 14.2. The molecule has 6 nitrogen and oxygen atoms in total. The largest absolute Gasteiger partial charge is 0.466 e. The number of nitrogens with zero attached hydrogens (tertiary/aromatic N) is 3. The molecule has 0 spiro atoms. The molecule has 1 fully saturated rings. The van der Waals surface area contributed by atoms with Crippen LogP contribution in [0.2, 0.25) is 0 Å². The van der Waals surface area contributed by atoms with Crippen molar-refractivity contribution in [2.75, 3.05) is 19.7 Å². The second-order valence-corrected chi connectivity index (χ2v) is 8.36. The minimum Gasteiger partial charge on any atom is -0.466 e. The number of ether oxygens (including phenoxy) is 1. The molecule has 0 N–H and O–H groups in total. The summed E-state index contributed by atoms with van der Waals surface area (Å²) in [5, 5.41) is 4.24. The van der Waals surface area contributed by atoms with Crippen molar-refractivity contribution in [1.29, 1.82) is 0 Å². The van der Waals surface area contributed by atoms with E-state index in [2.05, 4.69) is 40.2 Å². The van der Waals surface area contributed by atoms with Gasteiger partial charge in [-0.1, -0.05) is 41.1 Å². The van der Waals surface area contributed by atoms with Crippen molar-refractivity contribution in [2.45, 2.75) is 39.7 Å². The Kier molecular flexibility index (Phi) is 6.47. The van der Waals surface area contributed by atoms with Crippen LogP contribution < -0.4 is 0 Å². The van der Waals surface area contributed by atoms with Crippen LogP contribution in [0.3, 0.4) is 0 Å². The Morgan fingerprint density at radius 1 is 1.19 bits per heavy atom. The predicted octanol–water partition coefficient (Wildman–Crippen LogP) is 4.43. The molecule has 0 saturated carbocycles. The second-order valence-electron chi connectivity index (χ2n) is 8.36. The number of esters is 1. The fourth-order valence-corrected chi connectivity index (χ4v) is 4.22. The van der Waals surface area contributed by atoms with Crippen molar-refractivity contribution in [3.63, 3.8) is 0 Å². The lowest BCUT2D eigenvalue weighted by atomic mass is 9.74. The van der Waals surface area contributed by atoms with Gasteiger partial charge in [0.25, 0.3) is 0 Å². The summed E-state index contributed by atoms with van der Waals surface area (Å²) in [5.41, 5.74) is 3.61. The molecule has 1 aliphatic heterocycles. The lowest BCUT2D eigenvalue weighted by molar-refractivity contribution is -0.159. The van der Waals surface area contributed by atoms with Crippen LogP contribution in [0, 0.1) is 12.3 Å². The molecule has 0 amide bonds. The summed E-state index contributed by atoms with van der Waals surface area (Å²) in [4.78, 5) is 19.6. The lowest BCUT2D eigenvalue weighted by Crippen LogP contribution is -2.46. The maximum absolute atomic E-state index is 13.0. The number of carbonyl (C=O) groups is 1. The molecule has 3 heterocycles. The van der Waals surface area contributed by atoms with Crippen molar-refractivity contribution in [2.24, 2.45) is 5.41 Å². The first-order valence-electron chi connectivity index (χ1n) is 10.9. The Bertz CT molecular complexity index is 990. The molecule has 1 aromatic carbocycles. The minimum atomic E-state index is -0.578. The van der Waals surface area contributed by atoms with Crippen LogP contribution in [0.15, 0.2) is 59.4 Å². The summed E-state index contributed by atoms with van der Waals surface area (Å²) < 4.78 is 11.1. The van der Waals surface area contributed by atoms with Crippen LogP contribution in [-0.4, -0.2) is 40.7 Å². The Balaban J connectivity index is 1.47. The fourth-order valence-electron chi connectivity index (χ4n) is 4.22. The highest BCUT2D eigenvalue weighted by Gasteiger charge is 2.43. The van der Waals surface area contributed by atoms with E-state index in [9.17, 15) is 4.79 Å². The highest BCUT2D eigenvalue weighted by Crippen LogP contribution is 2.38. The molecule has 0 bridgehead atoms. The van der Waals surface area contributed by atoms with Gasteiger partial charge < -0.3 is 9.26 Å². The zero-order chi connectivity index (χ0) is 21.7. The van der Waals surface area contributed by atoms with E-state index in [1.54, 1.807) is 6.20 Å². The van der Waals surface area contributed by atoms with Gasteiger partial charge in [0, 0.05) is 37.0 Å². The van der Waals surface area contributed by atoms with Crippen LogP contribution in [0.25, 0.3) is 11.3 Å². The summed E-state index contributed by atoms with van der Waals surface area (Å²) in [6.07, 6.45) is 5.65. The van der Waals surface area contributed by atoms with Gasteiger partial charge in [0.15, 0.2) is 0 Å². The molecular formula is C25H29N3O3. The van der Waals surface area contributed by atoms with E-state index in [1.165, 1.54) is 11.1 Å². The van der Waals surface area contributed by atoms with Gasteiger partial charge in [-0.05, 0) is 51.4 Å². The molecule has 3 aromatic rings. The molecule has 31 heavy (non-hydrogen) atoms. The Hall–Kier alpha value is -2.99. The zero-order valence-electron chi connectivity index (χ0n) is 18.2. The highest BCUT2D eigenvalue weighted by atomic mass is 16.5. The minimum absolute atomic E-state index is 0.135. The molecule has 0 unspecified atom stereocenters. The lowest BCUT2D eigenvalue weighted by Gasteiger charge is -2.39. The number of aryl methyl sites for hydroxylation is 1. The number of likely N-dealkylation sites (tertiary alicyclic amines) is 1. The number of hydrogen-bond acceptors (Lipinski definition) is 6. The van der Waals surface area contributed by atoms with Gasteiger partial charge in [-0.15, -0.1) is 0 Å². The molecule has 4 rings (SSSR count). The van der Waals surface area contributed by atoms with Crippen LogP contribution in [0.4, 0.5) is 0 Å². The number of pyridine rings is 1. The SMILES string of the molecule is CCOC(=O)C1(Cc2cc(-c3ccc(C)cc3)no2)CCN(Cc2cccnc2)CC1. The molecule has 1 saturated heterocycles. The molecule has 0 radical (unpaired) electrons. The topological polar surface area (TPSA) is 68.5 Å². The Morgan fingerprint density at radius 3 is 2.65 bits per heavy atom. The van der Waals surface area contributed by atoms with Crippen molar-refractivity contribution in [1.82, 2.24) is 15.0 Å². The first kappa shape index (κ1) is 21.2. The second kappa shape index (κ2) is 9.43. The molecule has 162 valence electrons. The van der Waals surface area contributed by atoms with Gasteiger partial charge in [0.05, 0.1) is 12.0 Å². The van der Waals surface area contributed by atoms with E-state index in [0.717, 1.165) is 49.5 Å². The molecular weight excluding hydrogens is 390 g/mol. The molecule has 6 heteroatoms. The van der Waals surface area contributed by atoms with E-state index < -0.39 is 5.41 Å². The van der Waals surface area contributed by atoms with Crippen LogP contribution >= 0.6 is 0 Å². The maximum Gasteiger partial charge on any atom is 0.312 e. The van der Waals surface area contributed by atoms with E-state index in [-0.39, 0.29) is 5.97 Å². The number of piperidine rings is 1. The molecule has 0 aliphatic carbocycles. The van der Waals surface area contributed by atoms with Gasteiger partial charge in [-0.3, -0.25) is 14.7 Å². The smallest absolute Gasteiger partial charge is 0.312 e. The zero-order valence-corrected chi connectivity index (χ0v) is 18.2. The molecule has 1 aliphatic rings. The van der Waals surface area contributed by atoms with E-state index in [0.29, 0.717) is 13.0 Å². The number of hydrogen-bond donors (Lipinski definition) is 0. The average molecular weight is 420 g/mol. The quantitative estimate of drug-likeness (QED) is 0.528. The van der Waals surface area contributed by atoms with Gasteiger partial charge in [-0.2, -0.15) is 0 Å². The van der Waals surface area contributed by atoms with Crippen LogP contribution in [0.5, 0.6) is 0 Å². The predicted molar refractivity (Wildman–Crippen MR) is 118 cm³/mol. The maximum atomic E-state index is 13.0. The standard InChI is InChI=1S/C25H29N3O3/c1-3-30-24(29)25(10-13-28(14-11-25)18-20-5-4-12-26-17-20)16-22-15-23(27-31-22)21-8-6-19(2)7-9-21/h4-9,12,15,17H,3,10-11,13-14,16,18H2,1-2H3. The first-order chi connectivity index (χ1) is 15.1. The van der Waals surface area contributed by atoms with Gasteiger partial charge in [0.2, 0.25) is 0 Å². The van der Waals surface area contributed by atoms with Crippen LogP contribution in [-0.2, 0) is 22.5 Å². The average Bonchev–Trinajstić information content (AvgIpc) is 3.25. The van der Waals surface area contributed by atoms with Crippen molar-refractivity contribution >= 4 is 5.97 Å². The van der Waals surface area contributed by atoms with Crippen molar-refractivity contribution < 1.29 is 14.1 Å².